The third-order valence-corrected chi connectivity index (χ3v) is 2.13. The van der Waals surface area contributed by atoms with Gasteiger partial charge in [0.1, 0.15) is 5.82 Å². The van der Waals surface area contributed by atoms with Gasteiger partial charge in [-0.15, -0.1) is 0 Å². The molecule has 0 bridgehead atoms. The number of hydrogen-bond acceptors (Lipinski definition) is 1. The second-order valence-corrected chi connectivity index (χ2v) is 2.83. The van der Waals surface area contributed by atoms with Crippen LogP contribution in [0.2, 0.25) is 0 Å². The SMILES string of the molecule is Cn1ccc2c1cc(N)n2C. The molecule has 0 amide bonds. The molecule has 2 heterocycles. The highest BCUT2D eigenvalue weighted by atomic mass is 15.1. The second kappa shape index (κ2) is 1.81. The van der Waals surface area contributed by atoms with Crippen molar-refractivity contribution in [3.05, 3.63) is 18.3 Å². The van der Waals surface area contributed by atoms with Crippen LogP contribution in [0.4, 0.5) is 5.82 Å². The van der Waals surface area contributed by atoms with Crippen molar-refractivity contribution in [2.45, 2.75) is 0 Å². The molecule has 0 unspecified atom stereocenters. The van der Waals surface area contributed by atoms with E-state index in [4.69, 9.17) is 5.73 Å². The molecule has 0 aliphatic heterocycles. The Morgan fingerprint density at radius 1 is 1.27 bits per heavy atom. The molecule has 0 saturated carbocycles. The summed E-state index contributed by atoms with van der Waals surface area (Å²) in [6.07, 6.45) is 2.03. The molecule has 11 heavy (non-hydrogen) atoms. The maximum atomic E-state index is 5.72. The quantitative estimate of drug-likeness (QED) is 0.598. The Bertz CT molecular complexity index is 395. The number of nitrogens with two attached hydrogens (primary N) is 1. The van der Waals surface area contributed by atoms with Gasteiger partial charge in [-0.3, -0.25) is 0 Å². The fourth-order valence-corrected chi connectivity index (χ4v) is 1.36. The lowest BCUT2D eigenvalue weighted by Crippen LogP contribution is -1.93. The average Bonchev–Trinajstić information content (AvgIpc) is 2.43. The smallest absolute Gasteiger partial charge is 0.105 e. The van der Waals surface area contributed by atoms with Gasteiger partial charge in [0.2, 0.25) is 0 Å². The van der Waals surface area contributed by atoms with E-state index in [1.54, 1.807) is 0 Å². The van der Waals surface area contributed by atoms with Crippen molar-refractivity contribution in [1.82, 2.24) is 9.13 Å². The van der Waals surface area contributed by atoms with E-state index in [2.05, 4.69) is 10.6 Å². The number of nitrogen functional groups attached to an aromatic ring is 1. The van der Waals surface area contributed by atoms with Crippen LogP contribution in [0.15, 0.2) is 18.3 Å². The number of rotatable bonds is 0. The fraction of sp³-hybridized carbons (Fsp3) is 0.250. The summed E-state index contributed by atoms with van der Waals surface area (Å²) in [4.78, 5) is 0. The van der Waals surface area contributed by atoms with Crippen molar-refractivity contribution in [1.29, 1.82) is 0 Å². The Hall–Kier alpha value is -1.38. The minimum atomic E-state index is 0.811. The van der Waals surface area contributed by atoms with Crippen LogP contribution in [0.25, 0.3) is 11.0 Å². The zero-order valence-corrected chi connectivity index (χ0v) is 6.70. The molecular formula is C8H11N3. The molecule has 2 rings (SSSR count). The van der Waals surface area contributed by atoms with Gasteiger partial charge in [0.15, 0.2) is 0 Å². The van der Waals surface area contributed by atoms with Gasteiger partial charge in [-0.05, 0) is 6.07 Å². The molecule has 0 spiro atoms. The lowest BCUT2D eigenvalue weighted by molar-refractivity contribution is 0.970. The number of anilines is 1. The monoisotopic (exact) mass is 149 g/mol. The molecule has 0 aliphatic carbocycles. The minimum absolute atomic E-state index is 0.811. The van der Waals surface area contributed by atoms with E-state index in [0.29, 0.717) is 0 Å². The van der Waals surface area contributed by atoms with Crippen LogP contribution in [-0.2, 0) is 14.1 Å². The fourth-order valence-electron chi connectivity index (χ4n) is 1.36. The number of nitrogens with zero attached hydrogens (tertiary/aromatic N) is 2. The molecule has 2 aromatic heterocycles. The van der Waals surface area contributed by atoms with Crippen LogP contribution in [-0.4, -0.2) is 9.13 Å². The maximum Gasteiger partial charge on any atom is 0.105 e. The number of fused-ring (bicyclic) bond motifs is 1. The van der Waals surface area contributed by atoms with E-state index < -0.39 is 0 Å². The molecule has 2 N–H and O–H groups in total. The van der Waals surface area contributed by atoms with E-state index in [1.807, 2.05) is 30.9 Å². The van der Waals surface area contributed by atoms with Gasteiger partial charge in [-0.25, -0.2) is 0 Å². The Kier molecular flexibility index (Phi) is 1.04. The van der Waals surface area contributed by atoms with Gasteiger partial charge in [0, 0.05) is 26.4 Å². The molecule has 0 aromatic carbocycles. The summed E-state index contributed by atoms with van der Waals surface area (Å²) in [5.41, 5.74) is 8.09. The molecule has 0 radical (unpaired) electrons. The first-order chi connectivity index (χ1) is 5.20. The maximum absolute atomic E-state index is 5.72. The Morgan fingerprint density at radius 2 is 2.00 bits per heavy atom. The largest absolute Gasteiger partial charge is 0.385 e. The predicted molar refractivity (Wildman–Crippen MR) is 46.3 cm³/mol. The topological polar surface area (TPSA) is 35.9 Å². The summed E-state index contributed by atoms with van der Waals surface area (Å²) in [5.74, 6) is 0.811. The van der Waals surface area contributed by atoms with E-state index >= 15 is 0 Å². The standard InChI is InChI=1S/C8H11N3/c1-10-4-3-6-7(10)5-8(9)11(6)2/h3-5H,9H2,1-2H3. The molecule has 0 fully saturated rings. The van der Waals surface area contributed by atoms with Crippen molar-refractivity contribution in [2.75, 3.05) is 5.73 Å². The van der Waals surface area contributed by atoms with Gasteiger partial charge >= 0.3 is 0 Å². The normalized spacial score (nSPS) is 11.1. The van der Waals surface area contributed by atoms with Crippen molar-refractivity contribution in [2.24, 2.45) is 14.1 Å². The molecule has 58 valence electrons. The summed E-state index contributed by atoms with van der Waals surface area (Å²) in [6, 6.07) is 4.04. The zero-order valence-electron chi connectivity index (χ0n) is 6.70. The number of hydrogen-bond donors (Lipinski definition) is 1. The molecule has 2 aromatic rings. The van der Waals surface area contributed by atoms with Crippen LogP contribution in [0.1, 0.15) is 0 Å². The van der Waals surface area contributed by atoms with Crippen molar-refractivity contribution in [3.63, 3.8) is 0 Å². The molecule has 3 heteroatoms. The van der Waals surface area contributed by atoms with Crippen molar-refractivity contribution in [3.8, 4) is 0 Å². The van der Waals surface area contributed by atoms with Crippen LogP contribution >= 0.6 is 0 Å². The minimum Gasteiger partial charge on any atom is -0.385 e. The second-order valence-electron chi connectivity index (χ2n) is 2.83. The highest BCUT2D eigenvalue weighted by molar-refractivity contribution is 5.81. The van der Waals surface area contributed by atoms with E-state index in [-0.39, 0.29) is 0 Å². The molecule has 0 atom stereocenters. The summed E-state index contributed by atoms with van der Waals surface area (Å²) >= 11 is 0. The summed E-state index contributed by atoms with van der Waals surface area (Å²) in [5, 5.41) is 0. The number of aryl methyl sites for hydroxylation is 2. The van der Waals surface area contributed by atoms with Gasteiger partial charge in [-0.2, -0.15) is 0 Å². The first kappa shape index (κ1) is 6.34. The van der Waals surface area contributed by atoms with Crippen LogP contribution < -0.4 is 5.73 Å². The molecular weight excluding hydrogens is 138 g/mol. The van der Waals surface area contributed by atoms with E-state index in [9.17, 15) is 0 Å². The van der Waals surface area contributed by atoms with Gasteiger partial charge in [0.05, 0.1) is 11.0 Å². The van der Waals surface area contributed by atoms with Gasteiger partial charge in [0.25, 0.3) is 0 Å². The van der Waals surface area contributed by atoms with Crippen LogP contribution in [0.5, 0.6) is 0 Å². The van der Waals surface area contributed by atoms with Gasteiger partial charge < -0.3 is 14.9 Å². The third kappa shape index (κ3) is 0.677. The Balaban J connectivity index is 2.93. The average molecular weight is 149 g/mol. The first-order valence-electron chi connectivity index (χ1n) is 3.56. The van der Waals surface area contributed by atoms with E-state index in [0.717, 1.165) is 5.82 Å². The zero-order chi connectivity index (χ0) is 8.01. The molecule has 0 saturated heterocycles. The lowest BCUT2D eigenvalue weighted by atomic mass is 10.5. The van der Waals surface area contributed by atoms with Crippen LogP contribution in [0.3, 0.4) is 0 Å². The van der Waals surface area contributed by atoms with E-state index in [1.165, 1.54) is 11.0 Å². The highest BCUT2D eigenvalue weighted by Crippen LogP contribution is 2.19. The third-order valence-electron chi connectivity index (χ3n) is 2.13. The molecule has 3 nitrogen and oxygen atoms in total. The van der Waals surface area contributed by atoms with Crippen molar-refractivity contribution >= 4 is 16.9 Å². The highest BCUT2D eigenvalue weighted by Gasteiger charge is 2.03. The summed E-state index contributed by atoms with van der Waals surface area (Å²) in [7, 11) is 3.99. The Labute approximate surface area is 65.0 Å². The van der Waals surface area contributed by atoms with Crippen LogP contribution in [0, 0.1) is 0 Å². The summed E-state index contributed by atoms with van der Waals surface area (Å²) < 4.78 is 4.04. The lowest BCUT2D eigenvalue weighted by Gasteiger charge is -1.93. The summed E-state index contributed by atoms with van der Waals surface area (Å²) in [6.45, 7) is 0. The van der Waals surface area contributed by atoms with Crippen molar-refractivity contribution < 1.29 is 0 Å². The van der Waals surface area contributed by atoms with Gasteiger partial charge in [-0.1, -0.05) is 0 Å². The number of aromatic nitrogens is 2. The first-order valence-corrected chi connectivity index (χ1v) is 3.56. The Morgan fingerprint density at radius 3 is 2.64 bits per heavy atom. The predicted octanol–water partition coefficient (Wildman–Crippen LogP) is 1.10. The molecule has 0 aliphatic rings.